The Kier molecular flexibility index (Phi) is 5.70. The molecule has 17 heavy (non-hydrogen) atoms. The minimum absolute atomic E-state index is 0.0657. The van der Waals surface area contributed by atoms with Gasteiger partial charge in [-0.15, -0.1) is 0 Å². The summed E-state index contributed by atoms with van der Waals surface area (Å²) in [5.74, 6) is 0.520. The first-order valence-electron chi connectivity index (χ1n) is 6.11. The number of amides is 1. The van der Waals surface area contributed by atoms with E-state index >= 15 is 0 Å². The number of nitrogens with one attached hydrogen (secondary N) is 1. The number of carbonyl (C=O) groups is 1. The molecule has 94 valence electrons. The lowest BCUT2D eigenvalue weighted by Gasteiger charge is -2.08. The Bertz CT molecular complexity index is 361. The lowest BCUT2D eigenvalue weighted by atomic mass is 10.0. The molecule has 0 spiro atoms. The second kappa shape index (κ2) is 7.07. The molecule has 1 aromatic rings. The molecule has 1 aromatic carbocycles. The van der Waals surface area contributed by atoms with Gasteiger partial charge in [-0.1, -0.05) is 26.0 Å². The first-order valence-corrected chi connectivity index (χ1v) is 6.11. The van der Waals surface area contributed by atoms with E-state index in [4.69, 9.17) is 5.11 Å². The molecule has 3 nitrogen and oxygen atoms in total. The summed E-state index contributed by atoms with van der Waals surface area (Å²) in [6, 6.07) is 7.72. The van der Waals surface area contributed by atoms with Crippen molar-refractivity contribution in [3.05, 3.63) is 35.4 Å². The molecule has 2 N–H and O–H groups in total. The molecule has 0 bridgehead atoms. The molecule has 0 atom stereocenters. The van der Waals surface area contributed by atoms with Gasteiger partial charge in [0.05, 0.1) is 0 Å². The minimum Gasteiger partial charge on any atom is -0.396 e. The van der Waals surface area contributed by atoms with Crippen LogP contribution >= 0.6 is 0 Å². The number of hydrogen-bond donors (Lipinski definition) is 2. The van der Waals surface area contributed by atoms with Crippen LogP contribution in [0.4, 0.5) is 0 Å². The van der Waals surface area contributed by atoms with Gasteiger partial charge in [-0.05, 0) is 36.5 Å². The molecule has 0 saturated carbocycles. The Morgan fingerprint density at radius 2 is 2.18 bits per heavy atom. The average Bonchev–Trinajstić information content (AvgIpc) is 2.28. The summed E-state index contributed by atoms with van der Waals surface area (Å²) in [6.07, 6.45) is 1.58. The van der Waals surface area contributed by atoms with E-state index in [1.54, 1.807) is 0 Å². The Morgan fingerprint density at radius 1 is 1.41 bits per heavy atom. The largest absolute Gasteiger partial charge is 0.396 e. The van der Waals surface area contributed by atoms with Crippen LogP contribution in [-0.2, 0) is 6.42 Å². The second-order valence-electron chi connectivity index (χ2n) is 4.63. The summed E-state index contributed by atoms with van der Waals surface area (Å²) in [7, 11) is 0. The molecule has 0 fully saturated rings. The first kappa shape index (κ1) is 13.7. The summed E-state index contributed by atoms with van der Waals surface area (Å²) in [5.41, 5.74) is 1.89. The number of benzene rings is 1. The van der Waals surface area contributed by atoms with E-state index in [2.05, 4.69) is 19.2 Å². The van der Waals surface area contributed by atoms with Crippen LogP contribution in [0.25, 0.3) is 0 Å². The third-order valence-electron chi connectivity index (χ3n) is 2.45. The van der Waals surface area contributed by atoms with Gasteiger partial charge in [0, 0.05) is 18.7 Å². The third-order valence-corrected chi connectivity index (χ3v) is 2.45. The minimum atomic E-state index is -0.0657. The van der Waals surface area contributed by atoms with Crippen LogP contribution in [0.2, 0.25) is 0 Å². The SMILES string of the molecule is CC(C)Cc1cccc(C(=O)NCCCO)c1. The average molecular weight is 235 g/mol. The highest BCUT2D eigenvalue weighted by Gasteiger charge is 2.06. The van der Waals surface area contributed by atoms with Gasteiger partial charge in [-0.2, -0.15) is 0 Å². The second-order valence-corrected chi connectivity index (χ2v) is 4.63. The molecule has 0 aliphatic rings. The zero-order chi connectivity index (χ0) is 12.7. The van der Waals surface area contributed by atoms with E-state index in [0.717, 1.165) is 6.42 Å². The standard InChI is InChI=1S/C14H21NO2/c1-11(2)9-12-5-3-6-13(10-12)14(17)15-7-4-8-16/h3,5-6,10-11,16H,4,7-9H2,1-2H3,(H,15,17). The summed E-state index contributed by atoms with van der Waals surface area (Å²) in [4.78, 5) is 11.8. The number of aliphatic hydroxyl groups is 1. The maximum atomic E-state index is 11.8. The highest BCUT2D eigenvalue weighted by molar-refractivity contribution is 5.94. The quantitative estimate of drug-likeness (QED) is 0.741. The molecule has 0 aliphatic carbocycles. The van der Waals surface area contributed by atoms with E-state index in [0.29, 0.717) is 24.4 Å². The summed E-state index contributed by atoms with van der Waals surface area (Å²) in [6.45, 7) is 4.94. The van der Waals surface area contributed by atoms with Crippen molar-refractivity contribution in [1.29, 1.82) is 0 Å². The normalized spacial score (nSPS) is 10.6. The van der Waals surface area contributed by atoms with Crippen molar-refractivity contribution in [1.82, 2.24) is 5.32 Å². The lowest BCUT2D eigenvalue weighted by molar-refractivity contribution is 0.0951. The van der Waals surface area contributed by atoms with Gasteiger partial charge >= 0.3 is 0 Å². The molecule has 0 saturated heterocycles. The van der Waals surface area contributed by atoms with Gasteiger partial charge < -0.3 is 10.4 Å². The van der Waals surface area contributed by atoms with Crippen LogP contribution in [0.5, 0.6) is 0 Å². The molecule has 3 heteroatoms. The predicted octanol–water partition coefficient (Wildman–Crippen LogP) is 2.00. The van der Waals surface area contributed by atoms with Crippen molar-refractivity contribution in [3.8, 4) is 0 Å². The molecular weight excluding hydrogens is 214 g/mol. The Morgan fingerprint density at radius 3 is 2.82 bits per heavy atom. The molecule has 0 heterocycles. The van der Waals surface area contributed by atoms with Gasteiger partial charge in [0.2, 0.25) is 0 Å². The van der Waals surface area contributed by atoms with Crippen molar-refractivity contribution < 1.29 is 9.90 Å². The molecule has 0 radical (unpaired) electrons. The van der Waals surface area contributed by atoms with Crippen molar-refractivity contribution in [2.45, 2.75) is 26.7 Å². The van der Waals surface area contributed by atoms with Crippen molar-refractivity contribution in [3.63, 3.8) is 0 Å². The highest BCUT2D eigenvalue weighted by Crippen LogP contribution is 2.10. The van der Waals surface area contributed by atoms with E-state index in [9.17, 15) is 4.79 Å². The smallest absolute Gasteiger partial charge is 0.251 e. The van der Waals surface area contributed by atoms with Crippen LogP contribution in [0.15, 0.2) is 24.3 Å². The van der Waals surface area contributed by atoms with E-state index in [1.165, 1.54) is 5.56 Å². The van der Waals surface area contributed by atoms with E-state index < -0.39 is 0 Å². The number of hydrogen-bond acceptors (Lipinski definition) is 2. The monoisotopic (exact) mass is 235 g/mol. The Labute approximate surface area is 103 Å². The number of aliphatic hydroxyl groups excluding tert-OH is 1. The van der Waals surface area contributed by atoms with Gasteiger partial charge in [0.15, 0.2) is 0 Å². The maximum absolute atomic E-state index is 11.8. The molecule has 1 rings (SSSR count). The molecular formula is C14H21NO2. The maximum Gasteiger partial charge on any atom is 0.251 e. The van der Waals surface area contributed by atoms with E-state index in [-0.39, 0.29) is 12.5 Å². The molecule has 0 aromatic heterocycles. The van der Waals surface area contributed by atoms with Crippen molar-refractivity contribution in [2.75, 3.05) is 13.2 Å². The van der Waals surface area contributed by atoms with Crippen LogP contribution in [0.1, 0.15) is 36.2 Å². The van der Waals surface area contributed by atoms with Crippen molar-refractivity contribution >= 4 is 5.91 Å². The van der Waals surface area contributed by atoms with Gasteiger partial charge in [0.1, 0.15) is 0 Å². The summed E-state index contributed by atoms with van der Waals surface area (Å²) >= 11 is 0. The highest BCUT2D eigenvalue weighted by atomic mass is 16.3. The molecule has 1 amide bonds. The van der Waals surface area contributed by atoms with E-state index in [1.807, 2.05) is 24.3 Å². The van der Waals surface area contributed by atoms with Crippen LogP contribution < -0.4 is 5.32 Å². The first-order chi connectivity index (χ1) is 8.13. The fourth-order valence-corrected chi connectivity index (χ4v) is 1.69. The Balaban J connectivity index is 2.60. The number of carbonyl (C=O) groups excluding carboxylic acids is 1. The van der Waals surface area contributed by atoms with Gasteiger partial charge in [-0.3, -0.25) is 4.79 Å². The van der Waals surface area contributed by atoms with Crippen LogP contribution in [-0.4, -0.2) is 24.2 Å². The fourth-order valence-electron chi connectivity index (χ4n) is 1.69. The Hall–Kier alpha value is -1.35. The predicted molar refractivity (Wildman–Crippen MR) is 69.0 cm³/mol. The zero-order valence-corrected chi connectivity index (χ0v) is 10.6. The molecule has 0 unspecified atom stereocenters. The van der Waals surface area contributed by atoms with Crippen LogP contribution in [0.3, 0.4) is 0 Å². The third kappa shape index (κ3) is 5.00. The lowest BCUT2D eigenvalue weighted by Crippen LogP contribution is -2.25. The van der Waals surface area contributed by atoms with Crippen molar-refractivity contribution in [2.24, 2.45) is 5.92 Å². The number of rotatable bonds is 6. The van der Waals surface area contributed by atoms with Gasteiger partial charge in [-0.25, -0.2) is 0 Å². The summed E-state index contributed by atoms with van der Waals surface area (Å²) < 4.78 is 0. The topological polar surface area (TPSA) is 49.3 Å². The summed E-state index contributed by atoms with van der Waals surface area (Å²) in [5, 5.41) is 11.4. The van der Waals surface area contributed by atoms with Gasteiger partial charge in [0.25, 0.3) is 5.91 Å². The zero-order valence-electron chi connectivity index (χ0n) is 10.6. The molecule has 0 aliphatic heterocycles. The van der Waals surface area contributed by atoms with Crippen LogP contribution in [0, 0.1) is 5.92 Å². The fraction of sp³-hybridized carbons (Fsp3) is 0.500.